The fourth-order valence-electron chi connectivity index (χ4n) is 1.66. The van der Waals surface area contributed by atoms with Crippen LogP contribution in [0.1, 0.15) is 12.5 Å². The van der Waals surface area contributed by atoms with E-state index >= 15 is 0 Å². The van der Waals surface area contributed by atoms with Crippen LogP contribution in [-0.2, 0) is 4.79 Å². The minimum absolute atomic E-state index is 0.0596. The largest absolute Gasteiger partial charge is 0.493 e. The first kappa shape index (κ1) is 15.9. The molecule has 1 N–H and O–H groups in total. The number of methoxy groups -OCH3 is 1. The Morgan fingerprint density at radius 3 is 2.95 bits per heavy atom. The smallest absolute Gasteiger partial charge is 0.239 e. The Bertz CT molecular complexity index is 664. The van der Waals surface area contributed by atoms with Crippen molar-refractivity contribution < 1.29 is 14.3 Å². The lowest BCUT2D eigenvalue weighted by atomic mass is 10.2. The maximum absolute atomic E-state index is 11.3. The van der Waals surface area contributed by atoms with Crippen LogP contribution in [0, 0.1) is 12.3 Å². The van der Waals surface area contributed by atoms with Crippen molar-refractivity contribution in [1.29, 1.82) is 0 Å². The minimum Gasteiger partial charge on any atom is -0.493 e. The second kappa shape index (κ2) is 7.52. The number of amidine groups is 1. The molecule has 1 aromatic rings. The van der Waals surface area contributed by atoms with E-state index in [9.17, 15) is 4.79 Å². The number of nitrogens with one attached hydrogen (secondary N) is 1. The summed E-state index contributed by atoms with van der Waals surface area (Å²) in [6, 6.07) is 5.32. The van der Waals surface area contributed by atoms with Gasteiger partial charge in [0.2, 0.25) is 5.91 Å². The van der Waals surface area contributed by atoms with Gasteiger partial charge in [-0.1, -0.05) is 17.7 Å². The minimum atomic E-state index is -0.137. The molecular weight excluding hydrogens is 302 g/mol. The molecule has 1 aliphatic heterocycles. The van der Waals surface area contributed by atoms with E-state index in [0.717, 1.165) is 5.56 Å². The lowest BCUT2D eigenvalue weighted by molar-refractivity contribution is -0.118. The molecule has 1 aromatic carbocycles. The van der Waals surface area contributed by atoms with E-state index in [1.807, 2.05) is 6.92 Å². The lowest BCUT2D eigenvalue weighted by Gasteiger charge is -2.08. The van der Waals surface area contributed by atoms with E-state index in [1.54, 1.807) is 31.5 Å². The van der Waals surface area contributed by atoms with Crippen LogP contribution in [0.5, 0.6) is 11.5 Å². The third-order valence-electron chi connectivity index (χ3n) is 2.74. The van der Waals surface area contributed by atoms with E-state index in [-0.39, 0.29) is 17.8 Å². The van der Waals surface area contributed by atoms with Crippen LogP contribution in [0.15, 0.2) is 28.4 Å². The Morgan fingerprint density at radius 1 is 1.50 bits per heavy atom. The molecule has 22 heavy (non-hydrogen) atoms. The molecule has 1 saturated heterocycles. The van der Waals surface area contributed by atoms with Crippen molar-refractivity contribution in [2.45, 2.75) is 12.2 Å². The lowest BCUT2D eigenvalue weighted by Crippen LogP contribution is -2.23. The molecule has 7 heteroatoms. The number of carbonyl (C=O) groups excluding carboxylic acids is 1. The highest BCUT2D eigenvalue weighted by molar-refractivity contribution is 8.15. The van der Waals surface area contributed by atoms with E-state index in [0.29, 0.717) is 16.7 Å². The van der Waals surface area contributed by atoms with Crippen LogP contribution in [0.25, 0.3) is 0 Å². The Labute approximate surface area is 133 Å². The van der Waals surface area contributed by atoms with Crippen LogP contribution >= 0.6 is 11.8 Å². The van der Waals surface area contributed by atoms with Crippen molar-refractivity contribution in [3.8, 4) is 23.8 Å². The summed E-state index contributed by atoms with van der Waals surface area (Å²) in [7, 11) is 1.55. The van der Waals surface area contributed by atoms with Crippen LogP contribution in [0.3, 0.4) is 0 Å². The summed E-state index contributed by atoms with van der Waals surface area (Å²) in [6.07, 6.45) is 6.72. The van der Waals surface area contributed by atoms with Crippen LogP contribution in [0.2, 0.25) is 0 Å². The Morgan fingerprint density at radius 2 is 2.32 bits per heavy atom. The first-order chi connectivity index (χ1) is 10.6. The normalized spacial score (nSPS) is 19.2. The van der Waals surface area contributed by atoms with Gasteiger partial charge in [0.15, 0.2) is 16.7 Å². The molecule has 0 aromatic heterocycles. The summed E-state index contributed by atoms with van der Waals surface area (Å²) in [5.41, 5.74) is 0.789. The van der Waals surface area contributed by atoms with E-state index < -0.39 is 0 Å². The summed E-state index contributed by atoms with van der Waals surface area (Å²) < 4.78 is 10.6. The highest BCUT2D eigenvalue weighted by Gasteiger charge is 2.25. The van der Waals surface area contributed by atoms with Gasteiger partial charge in [0.25, 0.3) is 0 Å². The molecule has 1 aliphatic rings. The van der Waals surface area contributed by atoms with Gasteiger partial charge >= 0.3 is 0 Å². The Balaban J connectivity index is 2.07. The number of nitrogens with zero attached hydrogens (tertiary/aromatic N) is 2. The van der Waals surface area contributed by atoms with Gasteiger partial charge in [-0.3, -0.25) is 4.79 Å². The van der Waals surface area contributed by atoms with E-state index in [4.69, 9.17) is 15.9 Å². The van der Waals surface area contributed by atoms with Gasteiger partial charge in [-0.15, -0.1) is 11.5 Å². The number of rotatable bonds is 5. The van der Waals surface area contributed by atoms with E-state index in [2.05, 4.69) is 21.4 Å². The maximum atomic E-state index is 11.3. The van der Waals surface area contributed by atoms with Crippen molar-refractivity contribution >= 4 is 29.1 Å². The van der Waals surface area contributed by atoms with Crippen LogP contribution < -0.4 is 14.8 Å². The van der Waals surface area contributed by atoms with Gasteiger partial charge in [0.1, 0.15) is 6.61 Å². The second-order valence-corrected chi connectivity index (χ2v) is 5.63. The molecule has 0 radical (unpaired) electrons. The van der Waals surface area contributed by atoms with Gasteiger partial charge in [-0.05, 0) is 30.7 Å². The predicted octanol–water partition coefficient (Wildman–Crippen LogP) is 1.65. The molecule has 1 unspecified atom stereocenters. The fourth-order valence-corrected chi connectivity index (χ4v) is 2.41. The number of terminal acetylenes is 1. The number of carbonyl (C=O) groups is 1. The summed E-state index contributed by atoms with van der Waals surface area (Å²) in [5.74, 6) is 3.46. The first-order valence-electron chi connectivity index (χ1n) is 6.47. The predicted molar refractivity (Wildman–Crippen MR) is 87.5 cm³/mol. The zero-order chi connectivity index (χ0) is 15.9. The van der Waals surface area contributed by atoms with Crippen molar-refractivity contribution in [2.75, 3.05) is 13.7 Å². The number of benzene rings is 1. The third kappa shape index (κ3) is 4.02. The van der Waals surface area contributed by atoms with Gasteiger partial charge in [0, 0.05) is 0 Å². The van der Waals surface area contributed by atoms with Gasteiger partial charge in [-0.25, -0.2) is 0 Å². The number of hydrogen-bond acceptors (Lipinski definition) is 6. The highest BCUT2D eigenvalue weighted by Crippen LogP contribution is 2.27. The zero-order valence-electron chi connectivity index (χ0n) is 12.2. The molecule has 0 saturated carbocycles. The molecule has 0 aliphatic carbocycles. The number of thioether (sulfide) groups is 1. The summed E-state index contributed by atoms with van der Waals surface area (Å²) in [5, 5.41) is 10.9. The highest BCUT2D eigenvalue weighted by atomic mass is 32.2. The fraction of sp³-hybridized carbons (Fsp3) is 0.267. The molecule has 1 heterocycles. The molecule has 0 spiro atoms. The standard InChI is InChI=1S/C15H15N3O3S/c1-4-7-21-12-6-5-11(8-13(12)20-3)9-16-18-15-17-14(19)10(2)22-15/h1,5-6,8-10H,7H2,2-3H3,(H,17,18,19). The molecule has 2 rings (SSSR count). The van der Waals surface area contributed by atoms with Gasteiger partial charge in [0.05, 0.1) is 18.6 Å². The van der Waals surface area contributed by atoms with Crippen molar-refractivity contribution in [2.24, 2.45) is 10.2 Å². The van der Waals surface area contributed by atoms with Crippen LogP contribution in [0.4, 0.5) is 0 Å². The van der Waals surface area contributed by atoms with Gasteiger partial charge < -0.3 is 14.8 Å². The summed E-state index contributed by atoms with van der Waals surface area (Å²) in [6.45, 7) is 1.98. The number of amides is 1. The Hall–Kier alpha value is -2.46. The average Bonchev–Trinajstić information content (AvgIpc) is 2.84. The number of hydrogen-bond donors (Lipinski definition) is 1. The molecule has 6 nitrogen and oxygen atoms in total. The van der Waals surface area contributed by atoms with Crippen molar-refractivity contribution in [3.05, 3.63) is 23.8 Å². The van der Waals surface area contributed by atoms with Gasteiger partial charge in [-0.2, -0.15) is 5.10 Å². The third-order valence-corrected chi connectivity index (χ3v) is 3.72. The second-order valence-electron chi connectivity index (χ2n) is 4.30. The number of ether oxygens (including phenoxy) is 2. The monoisotopic (exact) mass is 317 g/mol. The molecule has 0 bridgehead atoms. The van der Waals surface area contributed by atoms with Crippen molar-refractivity contribution in [3.63, 3.8) is 0 Å². The SMILES string of the molecule is C#CCOc1ccc(C=N/N=C2\NC(=O)C(C)S2)cc1OC. The van der Waals surface area contributed by atoms with Crippen molar-refractivity contribution in [1.82, 2.24) is 5.32 Å². The molecule has 1 amide bonds. The first-order valence-corrected chi connectivity index (χ1v) is 7.35. The summed E-state index contributed by atoms with van der Waals surface area (Å²) in [4.78, 5) is 11.3. The van der Waals surface area contributed by atoms with E-state index in [1.165, 1.54) is 11.8 Å². The zero-order valence-corrected chi connectivity index (χ0v) is 13.0. The average molecular weight is 317 g/mol. The molecular formula is C15H15N3O3S. The Kier molecular flexibility index (Phi) is 5.44. The quantitative estimate of drug-likeness (QED) is 0.509. The molecule has 1 fully saturated rings. The summed E-state index contributed by atoms with van der Waals surface area (Å²) >= 11 is 1.34. The molecule has 114 valence electrons. The van der Waals surface area contributed by atoms with Crippen LogP contribution in [-0.4, -0.2) is 36.3 Å². The topological polar surface area (TPSA) is 72.3 Å². The maximum Gasteiger partial charge on any atom is 0.239 e. The molecule has 1 atom stereocenters.